The highest BCUT2D eigenvalue weighted by atomic mass is 19.4. The van der Waals surface area contributed by atoms with Crippen LogP contribution in [-0.2, 0) is 19.8 Å². The van der Waals surface area contributed by atoms with E-state index in [-0.39, 0.29) is 24.2 Å². The Labute approximate surface area is 196 Å². The summed E-state index contributed by atoms with van der Waals surface area (Å²) >= 11 is 0. The van der Waals surface area contributed by atoms with E-state index < -0.39 is 11.7 Å². The maximum Gasteiger partial charge on any atom is 0.418 e. The number of hydrogen-bond acceptors (Lipinski definition) is 4. The molecule has 3 amide bonds. The number of piperazine rings is 1. The predicted molar refractivity (Wildman–Crippen MR) is 121 cm³/mol. The first kappa shape index (κ1) is 23.9. The van der Waals surface area contributed by atoms with E-state index in [2.05, 4.69) is 10.4 Å². The number of anilines is 1. The predicted octanol–water partition coefficient (Wildman–Crippen LogP) is 3.05. The third-order valence-electron chi connectivity index (χ3n) is 6.22. The van der Waals surface area contributed by atoms with E-state index in [1.54, 1.807) is 43.1 Å². The van der Waals surface area contributed by atoms with Gasteiger partial charge < -0.3 is 20.0 Å². The van der Waals surface area contributed by atoms with Crippen molar-refractivity contribution in [2.75, 3.05) is 45.2 Å². The summed E-state index contributed by atoms with van der Waals surface area (Å²) in [6.07, 6.45) is -2.43. The Bertz CT molecular complexity index is 1070. The van der Waals surface area contributed by atoms with Crippen LogP contribution in [0.4, 0.5) is 23.7 Å². The lowest BCUT2D eigenvalue weighted by Gasteiger charge is -2.38. The number of rotatable bonds is 5. The van der Waals surface area contributed by atoms with E-state index in [4.69, 9.17) is 0 Å². The SMILES string of the molecule is CN(C)C(=O)N1CCN(c2ccc(CNC(=O)c3cc(C4CC4)nn3C)cc2C(F)(F)F)CC1. The van der Waals surface area contributed by atoms with E-state index in [0.29, 0.717) is 43.4 Å². The maximum absolute atomic E-state index is 13.9. The Morgan fingerprint density at radius 3 is 2.38 bits per heavy atom. The van der Waals surface area contributed by atoms with Gasteiger partial charge >= 0.3 is 12.2 Å². The summed E-state index contributed by atoms with van der Waals surface area (Å²) in [5.74, 6) is 0.0266. The topological polar surface area (TPSA) is 73.7 Å². The largest absolute Gasteiger partial charge is 0.418 e. The molecule has 1 saturated carbocycles. The number of nitrogens with one attached hydrogen (secondary N) is 1. The van der Waals surface area contributed by atoms with Crippen molar-refractivity contribution < 1.29 is 22.8 Å². The van der Waals surface area contributed by atoms with Crippen molar-refractivity contribution in [2.24, 2.45) is 7.05 Å². The fraction of sp³-hybridized carbons (Fsp3) is 0.522. The molecule has 2 fully saturated rings. The van der Waals surface area contributed by atoms with E-state index >= 15 is 0 Å². The van der Waals surface area contributed by atoms with Crippen molar-refractivity contribution in [3.05, 3.63) is 46.8 Å². The number of alkyl halides is 3. The molecule has 8 nitrogen and oxygen atoms in total. The molecule has 0 atom stereocenters. The first-order chi connectivity index (χ1) is 16.0. The van der Waals surface area contributed by atoms with Gasteiger partial charge in [0.15, 0.2) is 0 Å². The summed E-state index contributed by atoms with van der Waals surface area (Å²) in [6, 6.07) is 5.73. The van der Waals surface area contributed by atoms with Crippen LogP contribution in [0.3, 0.4) is 0 Å². The van der Waals surface area contributed by atoms with Gasteiger partial charge in [-0.3, -0.25) is 9.48 Å². The van der Waals surface area contributed by atoms with E-state index in [9.17, 15) is 22.8 Å². The Balaban J connectivity index is 1.45. The van der Waals surface area contributed by atoms with Gasteiger partial charge in [-0.2, -0.15) is 18.3 Å². The normalized spacial score (nSPS) is 16.5. The molecule has 0 spiro atoms. The third-order valence-corrected chi connectivity index (χ3v) is 6.22. The van der Waals surface area contributed by atoms with Gasteiger partial charge in [0.05, 0.1) is 11.3 Å². The van der Waals surface area contributed by atoms with Gasteiger partial charge in [-0.05, 0) is 36.6 Å². The van der Waals surface area contributed by atoms with Gasteiger partial charge in [-0.15, -0.1) is 0 Å². The van der Waals surface area contributed by atoms with Crippen molar-refractivity contribution in [1.82, 2.24) is 24.9 Å². The molecule has 2 aliphatic rings. The van der Waals surface area contributed by atoms with Crippen LogP contribution in [0.15, 0.2) is 24.3 Å². The smallest absolute Gasteiger partial charge is 0.367 e. The Morgan fingerprint density at radius 2 is 1.79 bits per heavy atom. The molecule has 1 aliphatic heterocycles. The second-order valence-electron chi connectivity index (χ2n) is 9.04. The third kappa shape index (κ3) is 5.13. The number of nitrogens with zero attached hydrogens (tertiary/aromatic N) is 5. The minimum Gasteiger partial charge on any atom is -0.367 e. The Morgan fingerprint density at radius 1 is 1.12 bits per heavy atom. The summed E-state index contributed by atoms with van der Waals surface area (Å²) in [4.78, 5) is 29.4. The van der Waals surface area contributed by atoms with E-state index in [1.165, 1.54) is 15.6 Å². The van der Waals surface area contributed by atoms with E-state index in [1.807, 2.05) is 0 Å². The second kappa shape index (κ2) is 9.19. The molecule has 184 valence electrons. The minimum absolute atomic E-state index is 0.0305. The van der Waals surface area contributed by atoms with Crippen molar-refractivity contribution >= 4 is 17.6 Å². The second-order valence-corrected chi connectivity index (χ2v) is 9.04. The van der Waals surface area contributed by atoms with Gasteiger partial charge in [0.25, 0.3) is 5.91 Å². The Kier molecular flexibility index (Phi) is 6.46. The summed E-state index contributed by atoms with van der Waals surface area (Å²) in [5.41, 5.74) is 0.960. The zero-order chi connectivity index (χ0) is 24.6. The van der Waals surface area contributed by atoms with Crippen molar-refractivity contribution in [3.63, 3.8) is 0 Å². The molecular formula is C23H29F3N6O2. The first-order valence-corrected chi connectivity index (χ1v) is 11.3. The summed E-state index contributed by atoms with van der Waals surface area (Å²) < 4.78 is 43.2. The number of aryl methyl sites for hydroxylation is 1. The minimum atomic E-state index is -4.55. The zero-order valence-corrected chi connectivity index (χ0v) is 19.5. The van der Waals surface area contributed by atoms with Gasteiger partial charge in [-0.25, -0.2) is 4.79 Å². The Hall–Kier alpha value is -3.24. The molecule has 4 rings (SSSR count). The van der Waals surface area contributed by atoms with Gasteiger partial charge in [-0.1, -0.05) is 6.07 Å². The summed E-state index contributed by atoms with van der Waals surface area (Å²) in [6.45, 7) is 1.28. The standard InChI is InChI=1S/C23H29F3N6O2/c1-29(2)22(34)32-10-8-31(9-11-32)19-7-4-15(12-17(19)23(24,25)26)14-27-21(33)20-13-18(16-5-6-16)28-30(20)3/h4,7,12-13,16H,5-6,8-11,14H2,1-3H3,(H,27,33). The highest BCUT2D eigenvalue weighted by Crippen LogP contribution is 2.39. The molecule has 2 aromatic rings. The fourth-order valence-corrected chi connectivity index (χ4v) is 4.17. The molecule has 0 bridgehead atoms. The number of carbonyl (C=O) groups excluding carboxylic acids is 2. The molecule has 1 aromatic carbocycles. The lowest BCUT2D eigenvalue weighted by molar-refractivity contribution is -0.137. The number of benzene rings is 1. The molecule has 1 aromatic heterocycles. The molecule has 1 N–H and O–H groups in total. The van der Waals surface area contributed by atoms with Gasteiger partial charge in [0.1, 0.15) is 5.69 Å². The number of halogens is 3. The fourth-order valence-electron chi connectivity index (χ4n) is 4.17. The van der Waals surface area contributed by atoms with Crippen LogP contribution in [0.1, 0.15) is 46.1 Å². The molecular weight excluding hydrogens is 449 g/mol. The van der Waals surface area contributed by atoms with Gasteiger partial charge in [0, 0.05) is 65.5 Å². The lowest BCUT2D eigenvalue weighted by atomic mass is 10.1. The molecule has 2 heterocycles. The maximum atomic E-state index is 13.9. The van der Waals surface area contributed by atoms with Crippen molar-refractivity contribution in [1.29, 1.82) is 0 Å². The molecule has 34 heavy (non-hydrogen) atoms. The number of amides is 3. The average Bonchev–Trinajstić information content (AvgIpc) is 3.58. The van der Waals surface area contributed by atoms with Crippen LogP contribution in [0.2, 0.25) is 0 Å². The number of urea groups is 1. The number of carbonyl (C=O) groups is 2. The summed E-state index contributed by atoms with van der Waals surface area (Å²) in [7, 11) is 4.98. The molecule has 0 unspecified atom stereocenters. The van der Waals surface area contributed by atoms with Crippen LogP contribution in [-0.4, -0.2) is 71.8 Å². The number of hydrogen-bond donors (Lipinski definition) is 1. The van der Waals surface area contributed by atoms with Crippen LogP contribution >= 0.6 is 0 Å². The molecule has 1 saturated heterocycles. The lowest BCUT2D eigenvalue weighted by Crippen LogP contribution is -2.51. The zero-order valence-electron chi connectivity index (χ0n) is 19.5. The molecule has 1 aliphatic carbocycles. The monoisotopic (exact) mass is 478 g/mol. The highest BCUT2D eigenvalue weighted by Gasteiger charge is 2.36. The number of aromatic nitrogens is 2. The quantitative estimate of drug-likeness (QED) is 0.717. The van der Waals surface area contributed by atoms with Crippen LogP contribution in [0.25, 0.3) is 0 Å². The molecule has 0 radical (unpaired) electrons. The summed E-state index contributed by atoms with van der Waals surface area (Å²) in [5, 5.41) is 7.06. The first-order valence-electron chi connectivity index (χ1n) is 11.3. The van der Waals surface area contributed by atoms with Gasteiger partial charge in [0.2, 0.25) is 0 Å². The molecule has 11 heteroatoms. The van der Waals surface area contributed by atoms with Crippen molar-refractivity contribution in [2.45, 2.75) is 31.5 Å². The van der Waals surface area contributed by atoms with Crippen LogP contribution in [0, 0.1) is 0 Å². The highest BCUT2D eigenvalue weighted by molar-refractivity contribution is 5.92. The van der Waals surface area contributed by atoms with Crippen LogP contribution < -0.4 is 10.2 Å². The van der Waals surface area contributed by atoms with E-state index in [0.717, 1.165) is 24.6 Å². The van der Waals surface area contributed by atoms with Crippen molar-refractivity contribution in [3.8, 4) is 0 Å². The average molecular weight is 479 g/mol. The van der Waals surface area contributed by atoms with Crippen LogP contribution in [0.5, 0.6) is 0 Å².